The minimum absolute atomic E-state index is 0.193. The lowest BCUT2D eigenvalue weighted by atomic mass is 9.98. The van der Waals surface area contributed by atoms with Gasteiger partial charge in [-0.25, -0.2) is 0 Å². The monoisotopic (exact) mass is 245 g/mol. The molecule has 2 aromatic rings. The maximum absolute atomic E-state index is 9.86. The molecule has 5 heteroatoms. The Morgan fingerprint density at radius 2 is 2.11 bits per heavy atom. The van der Waals surface area contributed by atoms with Gasteiger partial charge >= 0.3 is 0 Å². The molecule has 0 fully saturated rings. The summed E-state index contributed by atoms with van der Waals surface area (Å²) in [6.45, 7) is 0.982. The predicted molar refractivity (Wildman–Crippen MR) is 66.0 cm³/mol. The third-order valence-electron chi connectivity index (χ3n) is 3.46. The minimum atomic E-state index is 0.193. The molecule has 1 aromatic heterocycles. The van der Waals surface area contributed by atoms with E-state index in [1.54, 1.807) is 12.1 Å². The van der Waals surface area contributed by atoms with Crippen molar-refractivity contribution in [1.29, 1.82) is 0 Å². The summed E-state index contributed by atoms with van der Waals surface area (Å²) in [4.78, 5) is 0. The molecule has 1 aromatic carbocycles. The van der Waals surface area contributed by atoms with Crippen LogP contribution in [0.3, 0.4) is 0 Å². The van der Waals surface area contributed by atoms with E-state index < -0.39 is 0 Å². The number of fused-ring (bicyclic) bond motifs is 1. The zero-order chi connectivity index (χ0) is 12.5. The van der Waals surface area contributed by atoms with Crippen molar-refractivity contribution in [2.24, 2.45) is 5.92 Å². The van der Waals surface area contributed by atoms with Crippen molar-refractivity contribution >= 4 is 0 Å². The number of hydrogen-bond donors (Lipinski definition) is 2. The third kappa shape index (κ3) is 1.76. The van der Waals surface area contributed by atoms with Gasteiger partial charge in [0.05, 0.1) is 5.56 Å². The highest BCUT2D eigenvalue weighted by Gasteiger charge is 2.23. The van der Waals surface area contributed by atoms with Gasteiger partial charge in [-0.2, -0.15) is 0 Å². The number of nitrogens with zero attached hydrogens (tertiary/aromatic N) is 3. The molecule has 1 unspecified atom stereocenters. The van der Waals surface area contributed by atoms with Crippen LogP contribution in [0.2, 0.25) is 0 Å². The molecule has 0 bridgehead atoms. The largest absolute Gasteiger partial charge is 0.507 e. The number of aromatic nitrogens is 3. The lowest BCUT2D eigenvalue weighted by molar-refractivity contribution is 0.199. The Kier molecular flexibility index (Phi) is 2.76. The second-order valence-corrected chi connectivity index (χ2v) is 4.65. The van der Waals surface area contributed by atoms with E-state index in [4.69, 9.17) is 0 Å². The SMILES string of the molecule is OCC1CCn2c(nnc2-c2ccccc2O)C1. The molecule has 0 spiro atoms. The number of hydrogen-bond acceptors (Lipinski definition) is 4. The van der Waals surface area contributed by atoms with E-state index in [2.05, 4.69) is 10.2 Å². The second kappa shape index (κ2) is 4.42. The van der Waals surface area contributed by atoms with Crippen molar-refractivity contribution in [2.75, 3.05) is 6.61 Å². The van der Waals surface area contributed by atoms with E-state index in [1.807, 2.05) is 16.7 Å². The normalized spacial score (nSPS) is 18.6. The average Bonchev–Trinajstić information content (AvgIpc) is 2.82. The van der Waals surface area contributed by atoms with Crippen LogP contribution < -0.4 is 0 Å². The highest BCUT2D eigenvalue weighted by molar-refractivity contribution is 5.63. The van der Waals surface area contributed by atoms with E-state index in [-0.39, 0.29) is 18.3 Å². The van der Waals surface area contributed by atoms with Gasteiger partial charge in [-0.3, -0.25) is 0 Å². The summed E-state index contributed by atoms with van der Waals surface area (Å²) in [5.41, 5.74) is 0.707. The van der Waals surface area contributed by atoms with Gasteiger partial charge in [-0.05, 0) is 24.5 Å². The second-order valence-electron chi connectivity index (χ2n) is 4.65. The summed E-state index contributed by atoms with van der Waals surface area (Å²) in [5.74, 6) is 2.09. The first-order chi connectivity index (χ1) is 8.79. The molecule has 1 aliphatic rings. The Morgan fingerprint density at radius 3 is 2.89 bits per heavy atom. The van der Waals surface area contributed by atoms with E-state index in [0.29, 0.717) is 11.4 Å². The van der Waals surface area contributed by atoms with Crippen molar-refractivity contribution in [3.63, 3.8) is 0 Å². The Bertz CT molecular complexity index is 565. The smallest absolute Gasteiger partial charge is 0.167 e. The standard InChI is InChI=1S/C13H15N3O2/c17-8-9-5-6-16-12(7-9)14-15-13(16)10-3-1-2-4-11(10)18/h1-4,9,17-18H,5-8H2. The first-order valence-electron chi connectivity index (χ1n) is 6.11. The topological polar surface area (TPSA) is 71.2 Å². The zero-order valence-corrected chi connectivity index (χ0v) is 9.95. The molecule has 0 saturated carbocycles. The molecule has 3 rings (SSSR count). The summed E-state index contributed by atoms with van der Waals surface area (Å²) in [7, 11) is 0. The number of phenolic OH excluding ortho intramolecular Hbond substituents is 1. The summed E-state index contributed by atoms with van der Waals surface area (Å²) in [6.07, 6.45) is 1.67. The van der Waals surface area contributed by atoms with Gasteiger partial charge in [0.2, 0.25) is 0 Å². The van der Waals surface area contributed by atoms with Gasteiger partial charge in [0.15, 0.2) is 5.82 Å². The van der Waals surface area contributed by atoms with Crippen molar-refractivity contribution in [3.05, 3.63) is 30.1 Å². The lowest BCUT2D eigenvalue weighted by Gasteiger charge is -2.21. The number of para-hydroxylation sites is 1. The number of benzene rings is 1. The quantitative estimate of drug-likeness (QED) is 0.834. The van der Waals surface area contributed by atoms with E-state index in [0.717, 1.165) is 25.2 Å². The number of aliphatic hydroxyl groups is 1. The fourth-order valence-electron chi connectivity index (χ4n) is 2.41. The first kappa shape index (κ1) is 11.2. The fraction of sp³-hybridized carbons (Fsp3) is 0.385. The van der Waals surface area contributed by atoms with Gasteiger partial charge in [-0.1, -0.05) is 12.1 Å². The van der Waals surface area contributed by atoms with Gasteiger partial charge in [0, 0.05) is 19.6 Å². The van der Waals surface area contributed by atoms with Crippen molar-refractivity contribution < 1.29 is 10.2 Å². The fourth-order valence-corrected chi connectivity index (χ4v) is 2.41. The molecular weight excluding hydrogens is 230 g/mol. The van der Waals surface area contributed by atoms with E-state index in [9.17, 15) is 10.2 Å². The van der Waals surface area contributed by atoms with Gasteiger partial charge < -0.3 is 14.8 Å². The minimum Gasteiger partial charge on any atom is -0.507 e. The maximum atomic E-state index is 9.86. The van der Waals surface area contributed by atoms with Crippen LogP contribution in [0.4, 0.5) is 0 Å². The molecule has 0 radical (unpaired) electrons. The Balaban J connectivity index is 2.01. The third-order valence-corrected chi connectivity index (χ3v) is 3.46. The van der Waals surface area contributed by atoms with E-state index in [1.165, 1.54) is 0 Å². The number of aliphatic hydroxyl groups excluding tert-OH is 1. The van der Waals surface area contributed by atoms with Gasteiger partial charge in [0.1, 0.15) is 11.6 Å². The number of phenols is 1. The van der Waals surface area contributed by atoms with E-state index >= 15 is 0 Å². The summed E-state index contributed by atoms with van der Waals surface area (Å²) >= 11 is 0. The van der Waals surface area contributed by atoms with Crippen LogP contribution in [-0.4, -0.2) is 31.6 Å². The Hall–Kier alpha value is -1.88. The molecule has 0 saturated heterocycles. The molecule has 1 atom stereocenters. The molecule has 18 heavy (non-hydrogen) atoms. The van der Waals surface area contributed by atoms with Gasteiger partial charge in [0.25, 0.3) is 0 Å². The first-order valence-corrected chi connectivity index (χ1v) is 6.11. The van der Waals surface area contributed by atoms with Crippen LogP contribution in [0.1, 0.15) is 12.2 Å². The number of aromatic hydroxyl groups is 1. The van der Waals surface area contributed by atoms with Crippen LogP contribution in [0, 0.1) is 5.92 Å². The van der Waals surface area contributed by atoms with Crippen molar-refractivity contribution in [3.8, 4) is 17.1 Å². The Morgan fingerprint density at radius 1 is 1.28 bits per heavy atom. The zero-order valence-electron chi connectivity index (χ0n) is 9.95. The molecule has 5 nitrogen and oxygen atoms in total. The summed E-state index contributed by atoms with van der Waals surface area (Å²) < 4.78 is 2.03. The van der Waals surface area contributed by atoms with Crippen molar-refractivity contribution in [2.45, 2.75) is 19.4 Å². The average molecular weight is 245 g/mol. The maximum Gasteiger partial charge on any atom is 0.167 e. The summed E-state index contributed by atoms with van der Waals surface area (Å²) in [6, 6.07) is 7.14. The number of rotatable bonds is 2. The predicted octanol–water partition coefficient (Wildman–Crippen LogP) is 1.21. The summed E-state index contributed by atoms with van der Waals surface area (Å²) in [5, 5.41) is 27.4. The Labute approximate surface area is 105 Å². The van der Waals surface area contributed by atoms with Gasteiger partial charge in [-0.15, -0.1) is 10.2 Å². The van der Waals surface area contributed by atoms with Crippen LogP contribution in [0.25, 0.3) is 11.4 Å². The molecule has 2 N–H and O–H groups in total. The molecule has 0 amide bonds. The lowest BCUT2D eigenvalue weighted by Crippen LogP contribution is -2.22. The van der Waals surface area contributed by atoms with Crippen LogP contribution in [-0.2, 0) is 13.0 Å². The van der Waals surface area contributed by atoms with Crippen LogP contribution in [0.15, 0.2) is 24.3 Å². The molecular formula is C13H15N3O2. The molecule has 0 aliphatic carbocycles. The molecule has 2 heterocycles. The molecule has 1 aliphatic heterocycles. The molecule has 94 valence electrons. The van der Waals surface area contributed by atoms with Crippen LogP contribution >= 0.6 is 0 Å². The highest BCUT2D eigenvalue weighted by Crippen LogP contribution is 2.30. The van der Waals surface area contributed by atoms with Crippen LogP contribution in [0.5, 0.6) is 5.75 Å². The van der Waals surface area contributed by atoms with Crippen molar-refractivity contribution in [1.82, 2.24) is 14.8 Å². The highest BCUT2D eigenvalue weighted by atomic mass is 16.3.